The molecule has 31 heavy (non-hydrogen) atoms. The number of benzene rings is 1. The van der Waals surface area contributed by atoms with Crippen molar-refractivity contribution in [3.05, 3.63) is 29.8 Å². The van der Waals surface area contributed by atoms with Gasteiger partial charge >= 0.3 is 0 Å². The molecule has 1 aromatic rings. The number of piperidine rings is 2. The predicted molar refractivity (Wildman–Crippen MR) is 140 cm³/mol. The van der Waals surface area contributed by atoms with Crippen LogP contribution in [0.25, 0.3) is 0 Å². The Balaban J connectivity index is 0.00000341. The number of nitrogens with zero attached hydrogens (tertiary/aromatic N) is 4. The zero-order chi connectivity index (χ0) is 21.6. The van der Waals surface area contributed by atoms with Crippen LogP contribution in [0, 0.1) is 5.92 Å². The molecule has 0 unspecified atom stereocenters. The number of aliphatic imine (C=N–C) groups is 1. The van der Waals surface area contributed by atoms with Crippen LogP contribution in [0.5, 0.6) is 0 Å². The third kappa shape index (κ3) is 7.78. The van der Waals surface area contributed by atoms with E-state index in [1.165, 1.54) is 49.9 Å². The Morgan fingerprint density at radius 3 is 2.26 bits per heavy atom. The highest BCUT2D eigenvalue weighted by Crippen LogP contribution is 2.21. The number of halogens is 1. The van der Waals surface area contributed by atoms with E-state index in [0.29, 0.717) is 19.0 Å². The molecule has 1 aromatic carbocycles. The molecule has 0 radical (unpaired) electrons. The second-order valence-electron chi connectivity index (χ2n) is 8.60. The van der Waals surface area contributed by atoms with Gasteiger partial charge in [0.1, 0.15) is 0 Å². The van der Waals surface area contributed by atoms with Crippen LogP contribution in [0.15, 0.2) is 29.3 Å². The van der Waals surface area contributed by atoms with Crippen LogP contribution in [-0.4, -0.2) is 76.7 Å². The Kier molecular flexibility index (Phi) is 10.3. The molecule has 1 N–H and O–H groups in total. The van der Waals surface area contributed by atoms with E-state index in [0.717, 1.165) is 31.9 Å². The molecule has 7 nitrogen and oxygen atoms in total. The van der Waals surface area contributed by atoms with Crippen molar-refractivity contribution in [1.82, 2.24) is 14.5 Å². The van der Waals surface area contributed by atoms with E-state index >= 15 is 0 Å². The van der Waals surface area contributed by atoms with Crippen LogP contribution in [0.4, 0.5) is 5.69 Å². The quantitative estimate of drug-likeness (QED) is 0.328. The molecule has 2 aliphatic heterocycles. The van der Waals surface area contributed by atoms with Crippen LogP contribution in [-0.2, 0) is 16.6 Å². The third-order valence-electron chi connectivity index (χ3n) is 6.24. The number of hydrogen-bond acceptors (Lipinski definition) is 4. The average molecular weight is 564 g/mol. The lowest BCUT2D eigenvalue weighted by Gasteiger charge is -2.31. The third-order valence-corrected chi connectivity index (χ3v) is 7.55. The first kappa shape index (κ1) is 26.2. The summed E-state index contributed by atoms with van der Waals surface area (Å²) in [6, 6.07) is 8.91. The molecule has 0 aromatic heterocycles. The van der Waals surface area contributed by atoms with Gasteiger partial charge in [-0.15, -0.1) is 24.0 Å². The summed E-state index contributed by atoms with van der Waals surface area (Å²) in [5, 5.41) is 3.48. The highest BCUT2D eigenvalue weighted by atomic mass is 127. The molecule has 2 aliphatic rings. The minimum Gasteiger partial charge on any atom is -0.372 e. The van der Waals surface area contributed by atoms with Gasteiger partial charge in [0, 0.05) is 59.1 Å². The first-order valence-corrected chi connectivity index (χ1v) is 12.9. The molecular formula is C22H38IN5O2S. The van der Waals surface area contributed by atoms with Gasteiger partial charge in [-0.2, -0.15) is 0 Å². The summed E-state index contributed by atoms with van der Waals surface area (Å²) in [4.78, 5) is 9.05. The fraction of sp³-hybridized carbons (Fsp3) is 0.682. The Bertz CT molecular complexity index is 802. The lowest BCUT2D eigenvalue weighted by molar-refractivity contribution is 0.273. The second kappa shape index (κ2) is 12.2. The Morgan fingerprint density at radius 1 is 1.10 bits per heavy atom. The topological polar surface area (TPSA) is 68.2 Å². The van der Waals surface area contributed by atoms with Gasteiger partial charge in [-0.05, 0) is 55.7 Å². The van der Waals surface area contributed by atoms with E-state index in [4.69, 9.17) is 0 Å². The average Bonchev–Trinajstić information content (AvgIpc) is 2.75. The smallest absolute Gasteiger partial charge is 0.211 e. The van der Waals surface area contributed by atoms with E-state index < -0.39 is 10.0 Å². The second-order valence-corrected chi connectivity index (χ2v) is 10.6. The van der Waals surface area contributed by atoms with Gasteiger partial charge in [0.25, 0.3) is 0 Å². The molecule has 3 rings (SSSR count). The first-order valence-electron chi connectivity index (χ1n) is 11.1. The summed E-state index contributed by atoms with van der Waals surface area (Å²) in [7, 11) is 0.800. The Labute approximate surface area is 205 Å². The zero-order valence-electron chi connectivity index (χ0n) is 19.1. The van der Waals surface area contributed by atoms with Gasteiger partial charge in [-0.3, -0.25) is 4.99 Å². The molecule has 0 atom stereocenters. The van der Waals surface area contributed by atoms with E-state index in [9.17, 15) is 8.42 Å². The lowest BCUT2D eigenvalue weighted by Crippen LogP contribution is -2.44. The van der Waals surface area contributed by atoms with Gasteiger partial charge in [0.15, 0.2) is 5.96 Å². The maximum atomic E-state index is 11.7. The summed E-state index contributed by atoms with van der Waals surface area (Å²) in [6.07, 6.45) is 7.00. The van der Waals surface area contributed by atoms with Crippen LogP contribution in [0.3, 0.4) is 0 Å². The van der Waals surface area contributed by atoms with Crippen molar-refractivity contribution in [2.45, 2.75) is 38.6 Å². The van der Waals surface area contributed by atoms with Gasteiger partial charge < -0.3 is 15.1 Å². The Morgan fingerprint density at radius 2 is 1.71 bits per heavy atom. The molecule has 176 valence electrons. The van der Waals surface area contributed by atoms with Crippen molar-refractivity contribution in [3.63, 3.8) is 0 Å². The molecule has 2 fully saturated rings. The van der Waals surface area contributed by atoms with E-state index in [-0.39, 0.29) is 24.0 Å². The molecule has 0 bridgehead atoms. The molecule has 0 saturated carbocycles. The molecule has 2 saturated heterocycles. The van der Waals surface area contributed by atoms with E-state index in [1.54, 1.807) is 4.31 Å². The fourth-order valence-corrected chi connectivity index (χ4v) is 5.25. The molecule has 2 heterocycles. The molecule has 0 amide bonds. The van der Waals surface area contributed by atoms with E-state index in [2.05, 4.69) is 51.4 Å². The van der Waals surface area contributed by atoms with Crippen LogP contribution in [0.2, 0.25) is 0 Å². The molecule has 0 spiro atoms. The number of sulfonamides is 1. The maximum Gasteiger partial charge on any atom is 0.211 e. The normalized spacial score (nSPS) is 19.1. The molecular weight excluding hydrogens is 525 g/mol. The Hall–Kier alpha value is -1.07. The predicted octanol–water partition coefficient (Wildman–Crippen LogP) is 2.97. The number of rotatable bonds is 6. The van der Waals surface area contributed by atoms with Crippen molar-refractivity contribution in [3.8, 4) is 0 Å². The first-order chi connectivity index (χ1) is 14.4. The van der Waals surface area contributed by atoms with Gasteiger partial charge in [-0.25, -0.2) is 12.7 Å². The highest BCUT2D eigenvalue weighted by Gasteiger charge is 2.25. The number of guanidine groups is 1. The summed E-state index contributed by atoms with van der Waals surface area (Å²) in [5.74, 6) is 1.35. The van der Waals surface area contributed by atoms with Crippen molar-refractivity contribution in [2.24, 2.45) is 10.9 Å². The van der Waals surface area contributed by atoms with Gasteiger partial charge in [-0.1, -0.05) is 12.1 Å². The minimum absolute atomic E-state index is 0. The van der Waals surface area contributed by atoms with Crippen molar-refractivity contribution < 1.29 is 8.42 Å². The van der Waals surface area contributed by atoms with Crippen LogP contribution in [0.1, 0.15) is 37.7 Å². The van der Waals surface area contributed by atoms with Crippen LogP contribution < -0.4 is 10.2 Å². The zero-order valence-corrected chi connectivity index (χ0v) is 22.2. The number of anilines is 1. The largest absolute Gasteiger partial charge is 0.372 e. The van der Waals surface area contributed by atoms with Crippen molar-refractivity contribution >= 4 is 45.6 Å². The highest BCUT2D eigenvalue weighted by molar-refractivity contribution is 14.0. The lowest BCUT2D eigenvalue weighted by atomic mass is 9.98. The summed E-state index contributed by atoms with van der Waals surface area (Å²) in [6.45, 7) is 5.18. The van der Waals surface area contributed by atoms with Crippen molar-refractivity contribution in [1.29, 1.82) is 0 Å². The van der Waals surface area contributed by atoms with Crippen LogP contribution >= 0.6 is 24.0 Å². The molecule has 9 heteroatoms. The number of nitrogens with one attached hydrogen (secondary N) is 1. The SMILES string of the molecule is CN=C(NCC1CCN(S(C)(=O)=O)CC1)N(C)Cc1ccc(N2CCCCC2)cc1.I. The minimum atomic E-state index is -3.07. The maximum absolute atomic E-state index is 11.7. The van der Waals surface area contributed by atoms with Gasteiger partial charge in [0.05, 0.1) is 6.26 Å². The van der Waals surface area contributed by atoms with E-state index in [1.807, 2.05) is 7.05 Å². The van der Waals surface area contributed by atoms with Crippen molar-refractivity contribution in [2.75, 3.05) is 58.0 Å². The monoisotopic (exact) mass is 563 g/mol. The molecule has 0 aliphatic carbocycles. The van der Waals surface area contributed by atoms with Gasteiger partial charge in [0.2, 0.25) is 10.0 Å². The number of hydrogen-bond donors (Lipinski definition) is 1. The standard InChI is InChI=1S/C22H37N5O2S.HI/c1-23-22(24-17-19-11-15-27(16-12-19)30(3,28)29)25(2)18-20-7-9-21(10-8-20)26-13-5-4-6-14-26;/h7-10,19H,4-6,11-18H2,1-3H3,(H,23,24);1H. The summed E-state index contributed by atoms with van der Waals surface area (Å²) < 4.78 is 24.9. The summed E-state index contributed by atoms with van der Waals surface area (Å²) in [5.41, 5.74) is 2.59. The summed E-state index contributed by atoms with van der Waals surface area (Å²) >= 11 is 0. The fourth-order valence-electron chi connectivity index (χ4n) is 4.38.